The molecule has 2 aliphatic rings. The Bertz CT molecular complexity index is 582. The van der Waals surface area contributed by atoms with Gasteiger partial charge < -0.3 is 19.1 Å². The minimum atomic E-state index is -0.341. The highest BCUT2D eigenvalue weighted by molar-refractivity contribution is 6.62. The highest BCUT2D eigenvalue weighted by Crippen LogP contribution is 2.36. The normalized spacial score (nSPS) is 23.8. The third kappa shape index (κ3) is 3.19. The summed E-state index contributed by atoms with van der Waals surface area (Å²) in [6.45, 7) is 18.1. The van der Waals surface area contributed by atoms with E-state index in [-0.39, 0.29) is 18.3 Å². The molecule has 6 heteroatoms. The molecule has 1 aromatic rings. The molecular weight excluding hydrogens is 301 g/mol. The van der Waals surface area contributed by atoms with Gasteiger partial charge in [0, 0.05) is 37.8 Å². The zero-order chi connectivity index (χ0) is 17.5. The van der Waals surface area contributed by atoms with Crippen molar-refractivity contribution in [2.75, 3.05) is 37.6 Å². The molecule has 24 heavy (non-hydrogen) atoms. The molecule has 1 aromatic heterocycles. The molecule has 0 bridgehead atoms. The van der Waals surface area contributed by atoms with Crippen LogP contribution in [0.1, 0.15) is 40.2 Å². The Morgan fingerprint density at radius 2 is 1.67 bits per heavy atom. The number of aromatic nitrogens is 1. The number of hydrogen-bond acceptors (Lipinski definition) is 5. The lowest BCUT2D eigenvalue weighted by molar-refractivity contribution is 0.00578. The van der Waals surface area contributed by atoms with Crippen molar-refractivity contribution < 1.29 is 9.31 Å². The lowest BCUT2D eigenvalue weighted by Gasteiger charge is -2.35. The van der Waals surface area contributed by atoms with Crippen molar-refractivity contribution >= 4 is 18.4 Å². The van der Waals surface area contributed by atoms with E-state index in [9.17, 15) is 0 Å². The van der Waals surface area contributed by atoms with E-state index in [1.165, 1.54) is 5.56 Å². The average molecular weight is 331 g/mol. The quantitative estimate of drug-likeness (QED) is 0.790. The van der Waals surface area contributed by atoms with Crippen molar-refractivity contribution in [3.63, 3.8) is 0 Å². The van der Waals surface area contributed by atoms with Crippen LogP contribution in [0.25, 0.3) is 0 Å². The predicted molar refractivity (Wildman–Crippen MR) is 99.0 cm³/mol. The van der Waals surface area contributed by atoms with Gasteiger partial charge in [-0.1, -0.05) is 13.0 Å². The monoisotopic (exact) mass is 331 g/mol. The van der Waals surface area contributed by atoms with Gasteiger partial charge in [-0.3, -0.25) is 0 Å². The van der Waals surface area contributed by atoms with Gasteiger partial charge in [-0.15, -0.1) is 0 Å². The predicted octanol–water partition coefficient (Wildman–Crippen LogP) is 1.83. The van der Waals surface area contributed by atoms with E-state index in [1.54, 1.807) is 0 Å². The Labute approximate surface area is 146 Å². The maximum atomic E-state index is 6.14. The molecular formula is C18H30BN3O2. The second kappa shape index (κ2) is 6.32. The Balaban J connectivity index is 1.74. The first-order chi connectivity index (χ1) is 11.2. The summed E-state index contributed by atoms with van der Waals surface area (Å²) in [6, 6.07) is 2.16. The molecule has 0 aromatic carbocycles. The molecule has 5 nitrogen and oxygen atoms in total. The molecule has 0 saturated carbocycles. The molecule has 0 atom stereocenters. The first-order valence-corrected chi connectivity index (χ1v) is 9.03. The number of aryl methyl sites for hydroxylation is 1. The van der Waals surface area contributed by atoms with E-state index < -0.39 is 0 Å². The van der Waals surface area contributed by atoms with E-state index in [0.717, 1.165) is 44.0 Å². The van der Waals surface area contributed by atoms with Crippen molar-refractivity contribution in [1.82, 2.24) is 9.88 Å². The lowest BCUT2D eigenvalue weighted by atomic mass is 9.79. The maximum Gasteiger partial charge on any atom is 0.496 e. The van der Waals surface area contributed by atoms with Gasteiger partial charge in [0.15, 0.2) is 0 Å². The molecule has 2 fully saturated rings. The third-order valence-corrected chi connectivity index (χ3v) is 5.72. The van der Waals surface area contributed by atoms with Crippen LogP contribution in [0.15, 0.2) is 12.3 Å². The molecule has 3 rings (SSSR count). The average Bonchev–Trinajstić information content (AvgIpc) is 2.75. The number of anilines is 1. The fourth-order valence-corrected chi connectivity index (χ4v) is 3.30. The summed E-state index contributed by atoms with van der Waals surface area (Å²) in [7, 11) is -0.341. The molecule has 0 aliphatic carbocycles. The van der Waals surface area contributed by atoms with Crippen LogP contribution >= 0.6 is 0 Å². The summed E-state index contributed by atoms with van der Waals surface area (Å²) in [5, 5.41) is 0. The molecule has 132 valence electrons. The molecule has 2 saturated heterocycles. The molecule has 3 heterocycles. The van der Waals surface area contributed by atoms with Crippen LogP contribution in [-0.4, -0.2) is 60.9 Å². The van der Waals surface area contributed by atoms with Gasteiger partial charge in [0.1, 0.15) is 5.82 Å². The summed E-state index contributed by atoms with van der Waals surface area (Å²) in [4.78, 5) is 9.60. The molecule has 0 spiro atoms. The number of pyridine rings is 1. The zero-order valence-electron chi connectivity index (χ0n) is 15.9. The largest absolute Gasteiger partial charge is 0.496 e. The van der Waals surface area contributed by atoms with Crippen molar-refractivity contribution in [1.29, 1.82) is 0 Å². The highest BCUT2D eigenvalue weighted by Gasteiger charge is 2.51. The topological polar surface area (TPSA) is 37.8 Å². The zero-order valence-corrected chi connectivity index (χ0v) is 15.9. The van der Waals surface area contributed by atoms with Gasteiger partial charge in [-0.05, 0) is 46.7 Å². The van der Waals surface area contributed by atoms with E-state index in [2.05, 4.69) is 57.4 Å². The highest BCUT2D eigenvalue weighted by atomic mass is 16.7. The number of rotatable bonds is 3. The van der Waals surface area contributed by atoms with Crippen LogP contribution in [0.4, 0.5) is 5.82 Å². The molecule has 0 amide bonds. The standard InChI is InChI=1S/C18H30BN3O2/c1-7-21-8-10-22(11-9-21)16-14(2)12-15(13-20-16)19-23-17(3,4)18(5,6)24-19/h12-13H,7-11H2,1-6H3. The van der Waals surface area contributed by atoms with Crippen LogP contribution in [0.2, 0.25) is 0 Å². The molecule has 0 N–H and O–H groups in total. The minimum absolute atomic E-state index is 0.319. The van der Waals surface area contributed by atoms with E-state index in [1.807, 2.05) is 6.20 Å². The Kier molecular flexibility index (Phi) is 4.66. The fraction of sp³-hybridized carbons (Fsp3) is 0.722. The van der Waals surface area contributed by atoms with E-state index in [4.69, 9.17) is 14.3 Å². The molecule has 2 aliphatic heterocycles. The van der Waals surface area contributed by atoms with Crippen molar-refractivity contribution in [3.05, 3.63) is 17.8 Å². The first-order valence-electron chi connectivity index (χ1n) is 9.03. The fourth-order valence-electron chi connectivity index (χ4n) is 3.30. The summed E-state index contributed by atoms with van der Waals surface area (Å²) in [6.07, 6.45) is 1.91. The van der Waals surface area contributed by atoms with Gasteiger partial charge >= 0.3 is 7.12 Å². The van der Waals surface area contributed by atoms with Gasteiger partial charge in [0.2, 0.25) is 0 Å². The van der Waals surface area contributed by atoms with Crippen molar-refractivity contribution in [2.24, 2.45) is 0 Å². The van der Waals surface area contributed by atoms with Crippen LogP contribution in [0, 0.1) is 6.92 Å². The smallest absolute Gasteiger partial charge is 0.399 e. The van der Waals surface area contributed by atoms with E-state index >= 15 is 0 Å². The van der Waals surface area contributed by atoms with Crippen LogP contribution in [0.3, 0.4) is 0 Å². The van der Waals surface area contributed by atoms with Gasteiger partial charge in [-0.2, -0.15) is 0 Å². The van der Waals surface area contributed by atoms with Gasteiger partial charge in [0.25, 0.3) is 0 Å². The van der Waals surface area contributed by atoms with Crippen LogP contribution in [-0.2, 0) is 9.31 Å². The van der Waals surface area contributed by atoms with Crippen molar-refractivity contribution in [3.8, 4) is 0 Å². The number of hydrogen-bond donors (Lipinski definition) is 0. The minimum Gasteiger partial charge on any atom is -0.399 e. The molecule has 0 unspecified atom stereocenters. The Morgan fingerprint density at radius 3 is 2.17 bits per heavy atom. The maximum absolute atomic E-state index is 6.14. The SMILES string of the molecule is CCN1CCN(c2ncc(B3OC(C)(C)C(C)(C)O3)cc2C)CC1. The van der Waals surface area contributed by atoms with E-state index in [0.29, 0.717) is 0 Å². The first kappa shape index (κ1) is 17.7. The van der Waals surface area contributed by atoms with Gasteiger partial charge in [-0.25, -0.2) is 4.98 Å². The third-order valence-electron chi connectivity index (χ3n) is 5.72. The number of likely N-dealkylation sites (N-methyl/N-ethyl adjacent to an activating group) is 1. The summed E-state index contributed by atoms with van der Waals surface area (Å²) in [5.74, 6) is 1.09. The van der Waals surface area contributed by atoms with Crippen LogP contribution < -0.4 is 10.4 Å². The molecule has 0 radical (unpaired) electrons. The summed E-state index contributed by atoms with van der Waals surface area (Å²) >= 11 is 0. The Hall–Kier alpha value is -1.11. The lowest BCUT2D eigenvalue weighted by Crippen LogP contribution is -2.47. The second-order valence-electron chi connectivity index (χ2n) is 7.92. The van der Waals surface area contributed by atoms with Crippen LogP contribution in [0.5, 0.6) is 0 Å². The summed E-state index contributed by atoms with van der Waals surface area (Å²) < 4.78 is 12.3. The number of nitrogens with zero attached hydrogens (tertiary/aromatic N) is 3. The summed E-state index contributed by atoms with van der Waals surface area (Å²) in [5.41, 5.74) is 1.55. The van der Waals surface area contributed by atoms with Crippen molar-refractivity contribution in [2.45, 2.75) is 52.7 Å². The number of piperazine rings is 1. The Morgan fingerprint density at radius 1 is 1.08 bits per heavy atom. The second-order valence-corrected chi connectivity index (χ2v) is 7.92. The van der Waals surface area contributed by atoms with Gasteiger partial charge in [0.05, 0.1) is 11.2 Å².